The van der Waals surface area contributed by atoms with Crippen LogP contribution in [0.15, 0.2) is 18.2 Å². The van der Waals surface area contributed by atoms with Crippen molar-refractivity contribution in [1.82, 2.24) is 5.32 Å². The summed E-state index contributed by atoms with van der Waals surface area (Å²) in [7, 11) is 0. The molecule has 0 bridgehead atoms. The summed E-state index contributed by atoms with van der Waals surface area (Å²) in [5.41, 5.74) is 0.573. The maximum atomic E-state index is 10.8. The molecule has 1 saturated heterocycles. The maximum Gasteiger partial charge on any atom is 0.407 e. The van der Waals surface area contributed by atoms with Crippen LogP contribution in [0.5, 0.6) is 5.75 Å². The molecule has 1 aliphatic heterocycles. The molecular weight excluding hydrogens is 241 g/mol. The lowest BCUT2D eigenvalue weighted by molar-refractivity contribution is 0.177. The first kappa shape index (κ1) is 11.9. The number of para-hydroxylation sites is 1. The Bertz CT molecular complexity index is 384. The van der Waals surface area contributed by atoms with Crippen molar-refractivity contribution in [3.8, 4) is 5.75 Å². The number of amides is 1. The lowest BCUT2D eigenvalue weighted by Crippen LogP contribution is -2.18. The van der Waals surface area contributed by atoms with E-state index in [2.05, 4.69) is 5.32 Å². The largest absolute Gasteiger partial charge is 0.506 e. The average Bonchev–Trinajstić information content (AvgIpc) is 2.57. The molecule has 0 unspecified atom stereocenters. The maximum absolute atomic E-state index is 10.8. The SMILES string of the molecule is Cl.O=C1N[C@H](c2cccc(Cl)c2O)CO1. The number of ether oxygens (including phenoxy) is 1. The van der Waals surface area contributed by atoms with Crippen LogP contribution < -0.4 is 5.32 Å². The first-order valence-electron chi connectivity index (χ1n) is 4.09. The number of phenolic OH excluding ortho intramolecular Hbond substituents is 1. The highest BCUT2D eigenvalue weighted by molar-refractivity contribution is 6.32. The third-order valence-corrected chi connectivity index (χ3v) is 2.37. The second kappa shape index (κ2) is 4.59. The molecule has 2 rings (SSSR count). The van der Waals surface area contributed by atoms with Gasteiger partial charge >= 0.3 is 6.09 Å². The molecule has 0 aromatic heterocycles. The zero-order valence-electron chi connectivity index (χ0n) is 7.57. The van der Waals surface area contributed by atoms with Crippen molar-refractivity contribution in [2.24, 2.45) is 0 Å². The molecule has 0 saturated carbocycles. The van der Waals surface area contributed by atoms with Gasteiger partial charge in [-0.05, 0) is 6.07 Å². The minimum absolute atomic E-state index is 0. The van der Waals surface area contributed by atoms with Gasteiger partial charge in [-0.3, -0.25) is 0 Å². The van der Waals surface area contributed by atoms with Gasteiger partial charge in [0.1, 0.15) is 12.4 Å². The van der Waals surface area contributed by atoms with Gasteiger partial charge in [0.2, 0.25) is 0 Å². The molecule has 2 N–H and O–H groups in total. The molecule has 82 valence electrons. The van der Waals surface area contributed by atoms with Gasteiger partial charge in [-0.1, -0.05) is 23.7 Å². The Balaban J connectivity index is 0.00000112. The molecule has 0 radical (unpaired) electrons. The molecule has 1 fully saturated rings. The van der Waals surface area contributed by atoms with E-state index in [9.17, 15) is 9.90 Å². The Morgan fingerprint density at radius 3 is 2.87 bits per heavy atom. The van der Waals surface area contributed by atoms with E-state index < -0.39 is 6.09 Å². The standard InChI is InChI=1S/C9H8ClNO3.ClH/c10-6-3-1-2-5(8(6)12)7-4-14-9(13)11-7;/h1-3,7,12H,4H2,(H,11,13);1H/t7-;/m0./s1. The zero-order chi connectivity index (χ0) is 10.1. The molecule has 6 heteroatoms. The quantitative estimate of drug-likeness (QED) is 0.803. The van der Waals surface area contributed by atoms with Crippen LogP contribution in [-0.2, 0) is 4.74 Å². The summed E-state index contributed by atoms with van der Waals surface area (Å²) in [6.07, 6.45) is -0.477. The molecule has 0 spiro atoms. The minimum Gasteiger partial charge on any atom is -0.506 e. The van der Waals surface area contributed by atoms with E-state index in [4.69, 9.17) is 16.3 Å². The number of aromatic hydroxyl groups is 1. The number of hydrogen-bond acceptors (Lipinski definition) is 3. The van der Waals surface area contributed by atoms with Gasteiger partial charge in [0, 0.05) is 5.56 Å². The second-order valence-corrected chi connectivity index (χ2v) is 3.38. The smallest absolute Gasteiger partial charge is 0.407 e. The van der Waals surface area contributed by atoms with E-state index in [1.807, 2.05) is 0 Å². The third kappa shape index (κ3) is 2.27. The van der Waals surface area contributed by atoms with E-state index in [-0.39, 0.29) is 35.8 Å². The van der Waals surface area contributed by atoms with E-state index in [1.165, 1.54) is 0 Å². The number of carbonyl (C=O) groups excluding carboxylic acids is 1. The number of halogens is 2. The van der Waals surface area contributed by atoms with Crippen molar-refractivity contribution in [1.29, 1.82) is 0 Å². The predicted molar refractivity (Wildman–Crippen MR) is 57.6 cm³/mol. The van der Waals surface area contributed by atoms with Crippen LogP contribution in [0.3, 0.4) is 0 Å². The highest BCUT2D eigenvalue weighted by Gasteiger charge is 2.26. The van der Waals surface area contributed by atoms with E-state index >= 15 is 0 Å². The van der Waals surface area contributed by atoms with Gasteiger partial charge in [0.05, 0.1) is 11.1 Å². The van der Waals surface area contributed by atoms with Crippen LogP contribution in [0.4, 0.5) is 4.79 Å². The van der Waals surface area contributed by atoms with E-state index in [0.717, 1.165) is 0 Å². The lowest BCUT2D eigenvalue weighted by Gasteiger charge is -2.10. The van der Waals surface area contributed by atoms with E-state index in [1.54, 1.807) is 18.2 Å². The summed E-state index contributed by atoms with van der Waals surface area (Å²) in [5, 5.41) is 12.4. The van der Waals surface area contributed by atoms with Gasteiger partial charge in [0.15, 0.2) is 0 Å². The second-order valence-electron chi connectivity index (χ2n) is 2.97. The molecule has 1 atom stereocenters. The van der Waals surface area contributed by atoms with Crippen molar-refractivity contribution in [2.45, 2.75) is 6.04 Å². The fourth-order valence-corrected chi connectivity index (χ4v) is 1.55. The van der Waals surface area contributed by atoms with Gasteiger partial charge in [-0.2, -0.15) is 0 Å². The van der Waals surface area contributed by atoms with Crippen LogP contribution in [0.25, 0.3) is 0 Å². The first-order valence-corrected chi connectivity index (χ1v) is 4.47. The molecule has 4 nitrogen and oxygen atoms in total. The van der Waals surface area contributed by atoms with Crippen LogP contribution in [0, 0.1) is 0 Å². The summed E-state index contributed by atoms with van der Waals surface area (Å²) < 4.78 is 4.71. The Morgan fingerprint density at radius 2 is 2.27 bits per heavy atom. The molecule has 1 amide bonds. The van der Waals surface area contributed by atoms with Gasteiger partial charge in [-0.15, -0.1) is 12.4 Å². The number of nitrogens with one attached hydrogen (secondary N) is 1. The Kier molecular flexibility index (Phi) is 3.66. The van der Waals surface area contributed by atoms with Crippen LogP contribution in [0.2, 0.25) is 5.02 Å². The molecule has 0 aliphatic carbocycles. The van der Waals surface area contributed by atoms with Gasteiger partial charge in [0.25, 0.3) is 0 Å². The molecule has 1 aliphatic rings. The molecule has 1 aromatic carbocycles. The number of hydrogen-bond donors (Lipinski definition) is 2. The number of alkyl carbamates (subject to hydrolysis) is 1. The molecule has 1 aromatic rings. The zero-order valence-corrected chi connectivity index (χ0v) is 9.14. The fourth-order valence-electron chi connectivity index (χ4n) is 1.37. The number of rotatable bonds is 1. The molecule has 1 heterocycles. The topological polar surface area (TPSA) is 58.6 Å². The normalized spacial score (nSPS) is 19.0. The molecular formula is C9H9Cl2NO3. The number of carbonyl (C=O) groups is 1. The van der Waals surface area contributed by atoms with Crippen LogP contribution >= 0.6 is 24.0 Å². The van der Waals surface area contributed by atoms with Crippen molar-refractivity contribution >= 4 is 30.1 Å². The molecule has 15 heavy (non-hydrogen) atoms. The summed E-state index contributed by atoms with van der Waals surface area (Å²) >= 11 is 5.73. The van der Waals surface area contributed by atoms with Crippen molar-refractivity contribution in [3.05, 3.63) is 28.8 Å². The summed E-state index contributed by atoms with van der Waals surface area (Å²) in [5.74, 6) is -0.00929. The number of cyclic esters (lactones) is 1. The van der Waals surface area contributed by atoms with Crippen molar-refractivity contribution in [2.75, 3.05) is 6.61 Å². The highest BCUT2D eigenvalue weighted by Crippen LogP contribution is 2.32. The lowest BCUT2D eigenvalue weighted by atomic mass is 10.1. The summed E-state index contributed by atoms with van der Waals surface area (Å²) in [6, 6.07) is 4.67. The monoisotopic (exact) mass is 249 g/mol. The Morgan fingerprint density at radius 1 is 1.53 bits per heavy atom. The third-order valence-electron chi connectivity index (χ3n) is 2.07. The number of benzene rings is 1. The van der Waals surface area contributed by atoms with Crippen LogP contribution in [-0.4, -0.2) is 17.8 Å². The Hall–Kier alpha value is -1.13. The fraction of sp³-hybridized carbons (Fsp3) is 0.222. The van der Waals surface area contributed by atoms with Crippen LogP contribution in [0.1, 0.15) is 11.6 Å². The average molecular weight is 250 g/mol. The predicted octanol–water partition coefficient (Wildman–Crippen LogP) is 2.25. The van der Waals surface area contributed by atoms with Crippen molar-refractivity contribution in [3.63, 3.8) is 0 Å². The summed E-state index contributed by atoms with van der Waals surface area (Å²) in [4.78, 5) is 10.8. The van der Waals surface area contributed by atoms with Gasteiger partial charge in [-0.25, -0.2) is 4.79 Å². The highest BCUT2D eigenvalue weighted by atomic mass is 35.5. The Labute approximate surface area is 97.6 Å². The van der Waals surface area contributed by atoms with Crippen molar-refractivity contribution < 1.29 is 14.6 Å². The number of phenols is 1. The summed E-state index contributed by atoms with van der Waals surface area (Å²) in [6.45, 7) is 0.215. The first-order chi connectivity index (χ1) is 6.68. The van der Waals surface area contributed by atoms with E-state index in [0.29, 0.717) is 5.56 Å². The van der Waals surface area contributed by atoms with Gasteiger partial charge < -0.3 is 15.2 Å². The minimum atomic E-state index is -0.477.